The fraction of sp³-hybridized carbons (Fsp3) is 0.579. The van der Waals surface area contributed by atoms with E-state index >= 15 is 0 Å². The lowest BCUT2D eigenvalue weighted by Crippen LogP contribution is -2.58. The number of alkyl halides is 9. The molecule has 10 nitrogen and oxygen atoms in total. The van der Waals surface area contributed by atoms with Gasteiger partial charge in [-0.05, 0) is 26.0 Å². The van der Waals surface area contributed by atoms with Crippen molar-refractivity contribution >= 4 is 22.1 Å². The van der Waals surface area contributed by atoms with Gasteiger partial charge >= 0.3 is 30.5 Å². The maximum Gasteiger partial charge on any atom is 0.426 e. The van der Waals surface area contributed by atoms with E-state index in [1.165, 1.54) is 0 Å². The van der Waals surface area contributed by atoms with Gasteiger partial charge < -0.3 is 24.8 Å². The van der Waals surface area contributed by atoms with E-state index in [4.69, 9.17) is 0 Å². The molecule has 224 valence electrons. The maximum atomic E-state index is 12.9. The number of carbonyl (C=O) groups excluding carboxylic acids is 2. The molecule has 2 atom stereocenters. The van der Waals surface area contributed by atoms with Crippen molar-refractivity contribution in [3.63, 3.8) is 0 Å². The molecule has 0 spiro atoms. The molecule has 0 heterocycles. The molecular weight excluding hydrogens is 591 g/mol. The highest BCUT2D eigenvalue weighted by Gasteiger charge is 2.70. The Kier molecular flexibility index (Phi) is 9.62. The number of benzene rings is 1. The second-order valence-corrected chi connectivity index (χ2v) is 9.70. The summed E-state index contributed by atoms with van der Waals surface area (Å²) in [7, 11) is -5.34. The molecule has 0 aliphatic carbocycles. The molecular formula is C19H19F9O10S. The summed E-state index contributed by atoms with van der Waals surface area (Å²) in [5.74, 6) is -5.44. The zero-order valence-electron chi connectivity index (χ0n) is 19.4. The van der Waals surface area contributed by atoms with Gasteiger partial charge in [0.25, 0.3) is 15.7 Å². The lowest BCUT2D eigenvalue weighted by atomic mass is 9.95. The molecule has 1 rings (SSSR count). The van der Waals surface area contributed by atoms with Crippen molar-refractivity contribution in [2.24, 2.45) is 0 Å². The molecule has 0 amide bonds. The third-order valence-corrected chi connectivity index (χ3v) is 5.91. The van der Waals surface area contributed by atoms with E-state index in [1.54, 1.807) is 0 Å². The number of aliphatic hydroxyl groups is 2. The Bertz CT molecular complexity index is 1170. The molecule has 0 bridgehead atoms. The number of hydrogen-bond donors (Lipinski definition) is 4. The average molecular weight is 610 g/mol. The van der Waals surface area contributed by atoms with Gasteiger partial charge in [-0.3, -0.25) is 4.55 Å². The summed E-state index contributed by atoms with van der Waals surface area (Å²) in [5, 5.41) is 28.7. The molecule has 1 aromatic carbocycles. The Morgan fingerprint density at radius 2 is 1.33 bits per heavy atom. The van der Waals surface area contributed by atoms with Crippen molar-refractivity contribution in [2.75, 3.05) is 6.61 Å². The van der Waals surface area contributed by atoms with Gasteiger partial charge in [0.15, 0.2) is 5.60 Å². The van der Waals surface area contributed by atoms with E-state index in [2.05, 4.69) is 9.47 Å². The molecule has 0 aromatic heterocycles. The van der Waals surface area contributed by atoms with Crippen molar-refractivity contribution < 1.29 is 86.9 Å². The number of phenolic OH excluding ortho intramolecular Hbond substituents is 1. The largest absolute Gasteiger partial charge is 0.506 e. The highest BCUT2D eigenvalue weighted by Crippen LogP contribution is 2.46. The number of rotatable bonds is 9. The molecule has 0 radical (unpaired) electrons. The molecule has 0 saturated heterocycles. The van der Waals surface area contributed by atoms with Crippen LogP contribution in [0.25, 0.3) is 0 Å². The monoisotopic (exact) mass is 610 g/mol. The first-order valence-electron chi connectivity index (χ1n) is 10.0. The second kappa shape index (κ2) is 11.0. The Morgan fingerprint density at radius 1 is 0.897 bits per heavy atom. The number of halogens is 9. The van der Waals surface area contributed by atoms with Crippen LogP contribution >= 0.6 is 0 Å². The summed E-state index contributed by atoms with van der Waals surface area (Å²) in [6.45, 7) is -0.442. The van der Waals surface area contributed by atoms with E-state index in [0.29, 0.717) is 13.8 Å². The summed E-state index contributed by atoms with van der Waals surface area (Å²) in [6, 6.07) is 0.270. The van der Waals surface area contributed by atoms with Crippen molar-refractivity contribution in [3.8, 4) is 5.75 Å². The molecule has 0 aliphatic heterocycles. The molecule has 0 fully saturated rings. The Hall–Kier alpha value is -2.84. The van der Waals surface area contributed by atoms with Crippen LogP contribution in [0.15, 0.2) is 17.0 Å². The normalized spacial score (nSPS) is 15.8. The van der Waals surface area contributed by atoms with Gasteiger partial charge in [0.05, 0.1) is 11.5 Å². The number of esters is 2. The lowest BCUT2D eigenvalue weighted by molar-refractivity contribution is -0.373. The number of ether oxygens (including phenoxy) is 2. The lowest BCUT2D eigenvalue weighted by Gasteiger charge is -2.34. The third-order valence-electron chi connectivity index (χ3n) is 5.08. The standard InChI is InChI=1S/C19H19F9O10S/c1-8(7-16(33,18(23,24)25)19(26,27)28)38-14(31)11-6-9(39(34,35)36)5-10(12(11)29)13(30)37-4-3-15(2,32)17(20,21)22/h5-6,8,29,32-33H,3-4,7H2,1-2H3,(H,34,35,36). The van der Waals surface area contributed by atoms with Crippen LogP contribution in [-0.4, -0.2) is 82.7 Å². The Labute approximate surface area is 212 Å². The minimum atomic E-state index is -6.30. The van der Waals surface area contributed by atoms with Gasteiger partial charge in [-0.25, -0.2) is 9.59 Å². The van der Waals surface area contributed by atoms with E-state index in [9.17, 15) is 77.4 Å². The molecule has 1 aromatic rings. The molecule has 0 aliphatic rings. The number of hydrogen-bond acceptors (Lipinski definition) is 9. The van der Waals surface area contributed by atoms with Gasteiger partial charge in [0, 0.05) is 12.8 Å². The average Bonchev–Trinajstić information content (AvgIpc) is 2.69. The topological polar surface area (TPSA) is 168 Å². The first kappa shape index (κ1) is 34.2. The Balaban J connectivity index is 3.34. The quantitative estimate of drug-likeness (QED) is 0.185. The second-order valence-electron chi connectivity index (χ2n) is 8.28. The van der Waals surface area contributed by atoms with Crippen molar-refractivity contribution in [2.45, 2.75) is 67.4 Å². The van der Waals surface area contributed by atoms with E-state index < -0.39 is 99.1 Å². The van der Waals surface area contributed by atoms with Gasteiger partial charge in [-0.15, -0.1) is 0 Å². The smallest absolute Gasteiger partial charge is 0.426 e. The van der Waals surface area contributed by atoms with Crippen LogP contribution in [0.4, 0.5) is 39.5 Å². The summed E-state index contributed by atoms with van der Waals surface area (Å²) >= 11 is 0. The van der Waals surface area contributed by atoms with Gasteiger partial charge in [0.2, 0.25) is 0 Å². The Morgan fingerprint density at radius 3 is 1.72 bits per heavy atom. The first-order valence-corrected chi connectivity index (χ1v) is 11.5. The van der Waals surface area contributed by atoms with Crippen molar-refractivity contribution in [1.82, 2.24) is 0 Å². The first-order chi connectivity index (χ1) is 17.2. The molecule has 0 saturated carbocycles. The highest BCUT2D eigenvalue weighted by molar-refractivity contribution is 7.85. The summed E-state index contributed by atoms with van der Waals surface area (Å²) in [4.78, 5) is 23.2. The van der Waals surface area contributed by atoms with Crippen LogP contribution in [0.1, 0.15) is 47.4 Å². The van der Waals surface area contributed by atoms with E-state index in [1.807, 2.05) is 0 Å². The fourth-order valence-corrected chi connectivity index (χ4v) is 3.26. The van der Waals surface area contributed by atoms with Crippen molar-refractivity contribution in [1.29, 1.82) is 0 Å². The van der Waals surface area contributed by atoms with Crippen LogP contribution in [0, 0.1) is 0 Å². The van der Waals surface area contributed by atoms with Gasteiger partial charge in [0.1, 0.15) is 23.0 Å². The maximum absolute atomic E-state index is 12.9. The molecule has 2 unspecified atom stereocenters. The minimum absolute atomic E-state index is 0.102. The van der Waals surface area contributed by atoms with E-state index in [-0.39, 0.29) is 12.1 Å². The SMILES string of the molecule is CC(CC(O)(C(F)(F)F)C(F)(F)F)OC(=O)c1cc(S(=O)(=O)O)cc(C(=O)OCCC(C)(O)C(F)(F)F)c1O. The number of aromatic hydroxyl groups is 1. The third kappa shape index (κ3) is 7.85. The van der Waals surface area contributed by atoms with E-state index in [0.717, 1.165) is 0 Å². The van der Waals surface area contributed by atoms with Crippen LogP contribution in [0.5, 0.6) is 5.75 Å². The minimum Gasteiger partial charge on any atom is -0.506 e. The van der Waals surface area contributed by atoms with Gasteiger partial charge in [-0.1, -0.05) is 0 Å². The zero-order valence-corrected chi connectivity index (χ0v) is 20.2. The van der Waals surface area contributed by atoms with Crippen LogP contribution in [0.3, 0.4) is 0 Å². The van der Waals surface area contributed by atoms with Crippen molar-refractivity contribution in [3.05, 3.63) is 23.3 Å². The fourth-order valence-electron chi connectivity index (χ4n) is 2.73. The molecule has 20 heteroatoms. The van der Waals surface area contributed by atoms with Crippen LogP contribution in [0.2, 0.25) is 0 Å². The summed E-state index contributed by atoms with van der Waals surface area (Å²) in [6.07, 6.45) is -23.8. The molecule has 4 N–H and O–H groups in total. The predicted molar refractivity (Wildman–Crippen MR) is 106 cm³/mol. The zero-order chi connectivity index (χ0) is 31.0. The summed E-state index contributed by atoms with van der Waals surface area (Å²) < 4.78 is 156. The molecule has 39 heavy (non-hydrogen) atoms. The predicted octanol–water partition coefficient (Wildman–Crippen LogP) is 3.29. The van der Waals surface area contributed by atoms with Gasteiger partial charge in [-0.2, -0.15) is 47.9 Å². The van der Waals surface area contributed by atoms with Crippen LogP contribution in [-0.2, 0) is 19.6 Å². The van der Waals surface area contributed by atoms with Crippen LogP contribution < -0.4 is 0 Å². The summed E-state index contributed by atoms with van der Waals surface area (Å²) in [5.41, 5.74) is -11.5. The number of phenols is 1. The number of carbonyl (C=O) groups is 2. The highest BCUT2D eigenvalue weighted by atomic mass is 32.2.